The smallest absolute Gasteiger partial charge is 0.137 e. The molecule has 0 radical (unpaired) electrons. The van der Waals surface area contributed by atoms with Gasteiger partial charge in [0.1, 0.15) is 11.2 Å². The highest BCUT2D eigenvalue weighted by Crippen LogP contribution is 2.40. The molecule has 3 nitrogen and oxygen atoms in total. The average molecular weight is 727 g/mol. The lowest BCUT2D eigenvalue weighted by Crippen LogP contribution is -2.37. The Morgan fingerprint density at radius 2 is 0.691 bits per heavy atom. The molecule has 8 aromatic carbocycles. The predicted molar refractivity (Wildman–Crippen MR) is 237 cm³/mol. The molecule has 0 N–H and O–H groups in total. The van der Waals surface area contributed by atoms with Crippen LogP contribution in [0, 0.1) is 0 Å². The van der Waals surface area contributed by atoms with E-state index in [4.69, 9.17) is 4.42 Å². The Morgan fingerprint density at radius 1 is 0.327 bits per heavy atom. The molecule has 0 fully saturated rings. The largest absolute Gasteiger partial charge is 0.456 e. The third-order valence-corrected chi connectivity index (χ3v) is 12.5. The zero-order valence-electron chi connectivity index (χ0n) is 31.4. The van der Waals surface area contributed by atoms with Crippen LogP contribution in [0.2, 0.25) is 19.6 Å². The summed E-state index contributed by atoms with van der Waals surface area (Å²) in [6.07, 6.45) is 0. The number of para-hydroxylation sites is 3. The van der Waals surface area contributed by atoms with Crippen LogP contribution in [0.5, 0.6) is 0 Å². The Balaban J connectivity index is 0.999. The number of anilines is 6. The summed E-state index contributed by atoms with van der Waals surface area (Å²) in [6.45, 7) is 7.18. The monoisotopic (exact) mass is 726 g/mol. The number of benzene rings is 8. The molecular formula is C51H42N2OSi. The minimum absolute atomic E-state index is 0.887. The van der Waals surface area contributed by atoms with E-state index >= 15 is 0 Å². The highest BCUT2D eigenvalue weighted by atomic mass is 28.3. The van der Waals surface area contributed by atoms with Gasteiger partial charge in [-0.05, 0) is 101 Å². The van der Waals surface area contributed by atoms with Crippen LogP contribution in [0.25, 0.3) is 44.2 Å². The fourth-order valence-electron chi connectivity index (χ4n) is 7.47. The first kappa shape index (κ1) is 34.2. The molecule has 0 aliphatic carbocycles. The van der Waals surface area contributed by atoms with Crippen molar-refractivity contribution < 1.29 is 4.42 Å². The van der Waals surface area contributed by atoms with E-state index in [-0.39, 0.29) is 0 Å². The maximum atomic E-state index is 6.33. The van der Waals surface area contributed by atoms with Crippen LogP contribution in [-0.2, 0) is 0 Å². The van der Waals surface area contributed by atoms with Gasteiger partial charge in [0.25, 0.3) is 0 Å². The highest BCUT2D eigenvalue weighted by Gasteiger charge is 2.19. The van der Waals surface area contributed by atoms with Gasteiger partial charge in [-0.3, -0.25) is 0 Å². The number of hydrogen-bond acceptors (Lipinski definition) is 3. The van der Waals surface area contributed by atoms with Crippen LogP contribution < -0.4 is 15.0 Å². The number of furan rings is 1. The van der Waals surface area contributed by atoms with E-state index in [0.717, 1.165) is 56.1 Å². The van der Waals surface area contributed by atoms with Crippen molar-refractivity contribution in [1.29, 1.82) is 0 Å². The van der Waals surface area contributed by atoms with Crippen LogP contribution >= 0.6 is 0 Å². The van der Waals surface area contributed by atoms with Crippen molar-refractivity contribution in [2.45, 2.75) is 19.6 Å². The zero-order valence-corrected chi connectivity index (χ0v) is 32.4. The lowest BCUT2D eigenvalue weighted by Gasteiger charge is -2.27. The summed E-state index contributed by atoms with van der Waals surface area (Å²) in [4.78, 5) is 4.62. The van der Waals surface area contributed by atoms with Gasteiger partial charge >= 0.3 is 0 Å². The minimum Gasteiger partial charge on any atom is -0.456 e. The Kier molecular flexibility index (Phi) is 8.89. The lowest BCUT2D eigenvalue weighted by atomic mass is 9.99. The lowest BCUT2D eigenvalue weighted by molar-refractivity contribution is 0.669. The zero-order chi connectivity index (χ0) is 37.4. The van der Waals surface area contributed by atoms with Crippen LogP contribution in [0.3, 0.4) is 0 Å². The molecule has 1 heterocycles. The molecule has 0 aliphatic heterocycles. The average Bonchev–Trinajstić information content (AvgIpc) is 3.60. The first-order valence-corrected chi connectivity index (χ1v) is 22.4. The van der Waals surface area contributed by atoms with Crippen molar-refractivity contribution in [3.05, 3.63) is 200 Å². The first-order chi connectivity index (χ1) is 26.9. The maximum Gasteiger partial charge on any atom is 0.137 e. The van der Waals surface area contributed by atoms with Gasteiger partial charge in [-0.1, -0.05) is 140 Å². The summed E-state index contributed by atoms with van der Waals surface area (Å²) in [5.41, 5.74) is 13.2. The van der Waals surface area contributed by atoms with Crippen molar-refractivity contribution in [1.82, 2.24) is 0 Å². The molecule has 0 atom stereocenters. The topological polar surface area (TPSA) is 19.6 Å². The van der Waals surface area contributed by atoms with Crippen LogP contribution in [0.4, 0.5) is 34.1 Å². The van der Waals surface area contributed by atoms with Crippen LogP contribution in [-0.4, -0.2) is 8.07 Å². The van der Waals surface area contributed by atoms with E-state index in [0.29, 0.717) is 0 Å². The Labute approximate surface area is 324 Å². The normalized spacial score (nSPS) is 11.5. The molecule has 0 bridgehead atoms. The molecule has 0 saturated heterocycles. The van der Waals surface area contributed by atoms with Gasteiger partial charge < -0.3 is 14.2 Å². The molecule has 1 aromatic heterocycles. The summed E-state index contributed by atoms with van der Waals surface area (Å²) in [5.74, 6) is 0. The van der Waals surface area contributed by atoms with E-state index in [1.165, 1.54) is 27.4 Å². The summed E-state index contributed by atoms with van der Waals surface area (Å²) in [5, 5.41) is 3.71. The fourth-order valence-corrected chi connectivity index (χ4v) is 8.64. The van der Waals surface area contributed by atoms with Gasteiger partial charge in [-0.15, -0.1) is 0 Å². The summed E-state index contributed by atoms with van der Waals surface area (Å²) in [6, 6.07) is 71.6. The Morgan fingerprint density at radius 3 is 1.18 bits per heavy atom. The van der Waals surface area contributed by atoms with Gasteiger partial charge in [0.2, 0.25) is 0 Å². The SMILES string of the molecule is C[Si](C)(C)c1ccc(N(c2ccc(-c3ccc(-c4ccc(N(c5ccccc5)c5ccccc5)cc4)cc3)cc2)c2ccc3c(c2)oc2ccccc23)cc1. The summed E-state index contributed by atoms with van der Waals surface area (Å²) >= 11 is 0. The van der Waals surface area contributed by atoms with E-state index in [9.17, 15) is 0 Å². The van der Waals surface area contributed by atoms with Gasteiger partial charge in [0.05, 0.1) is 8.07 Å². The molecule has 0 amide bonds. The molecule has 4 heteroatoms. The van der Waals surface area contributed by atoms with E-state index < -0.39 is 8.07 Å². The minimum atomic E-state index is -1.44. The van der Waals surface area contributed by atoms with Gasteiger partial charge in [0, 0.05) is 51.0 Å². The Hall–Kier alpha value is -6.62. The second kappa shape index (κ2) is 14.3. The molecular weight excluding hydrogens is 685 g/mol. The molecule has 266 valence electrons. The van der Waals surface area contributed by atoms with Crippen molar-refractivity contribution in [3.63, 3.8) is 0 Å². The quantitative estimate of drug-likeness (QED) is 0.138. The number of fused-ring (bicyclic) bond motifs is 3. The van der Waals surface area contributed by atoms with Crippen LogP contribution in [0.15, 0.2) is 205 Å². The number of rotatable bonds is 9. The molecule has 55 heavy (non-hydrogen) atoms. The number of nitrogens with zero attached hydrogens (tertiary/aromatic N) is 2. The van der Waals surface area contributed by atoms with Gasteiger partial charge in [-0.2, -0.15) is 0 Å². The second-order valence-electron chi connectivity index (χ2n) is 15.1. The highest BCUT2D eigenvalue weighted by molar-refractivity contribution is 6.88. The fraction of sp³-hybridized carbons (Fsp3) is 0.0588. The van der Waals surface area contributed by atoms with Crippen molar-refractivity contribution >= 4 is 69.3 Å². The third-order valence-electron chi connectivity index (χ3n) is 10.4. The molecule has 0 unspecified atom stereocenters. The molecule has 9 rings (SSSR count). The van der Waals surface area contributed by atoms with Crippen molar-refractivity contribution in [2.75, 3.05) is 9.80 Å². The summed E-state index contributed by atoms with van der Waals surface area (Å²) < 4.78 is 6.33. The maximum absolute atomic E-state index is 6.33. The van der Waals surface area contributed by atoms with Crippen LogP contribution in [0.1, 0.15) is 0 Å². The third kappa shape index (κ3) is 6.85. The van der Waals surface area contributed by atoms with Crippen molar-refractivity contribution in [2.24, 2.45) is 0 Å². The summed E-state index contributed by atoms with van der Waals surface area (Å²) in [7, 11) is -1.44. The standard InChI is InChI=1S/C51H42N2OSi/c1-55(2,3)47-33-30-45(31-34-47)53(46-32-35-49-48-16-10-11-17-50(48)54-51(49)36-46)44-28-24-40(25-29-44)38-20-18-37(19-21-38)39-22-26-43(27-23-39)52(41-12-6-4-7-13-41)42-14-8-5-9-15-42/h4-36H,1-3H3. The number of hydrogen-bond donors (Lipinski definition) is 0. The van der Waals surface area contributed by atoms with Gasteiger partial charge in [0.15, 0.2) is 0 Å². The van der Waals surface area contributed by atoms with E-state index in [1.54, 1.807) is 0 Å². The first-order valence-electron chi connectivity index (χ1n) is 18.9. The molecule has 0 spiro atoms. The predicted octanol–water partition coefficient (Wildman–Crippen LogP) is 14.4. The molecule has 0 saturated carbocycles. The second-order valence-corrected chi connectivity index (χ2v) is 20.2. The molecule has 9 aromatic rings. The van der Waals surface area contributed by atoms with E-state index in [1.807, 2.05) is 12.1 Å². The van der Waals surface area contributed by atoms with Crippen molar-refractivity contribution in [3.8, 4) is 22.3 Å². The Bertz CT molecular complexity index is 2660. The van der Waals surface area contributed by atoms with E-state index in [2.05, 4.69) is 217 Å². The molecule has 0 aliphatic rings. The van der Waals surface area contributed by atoms with Gasteiger partial charge in [-0.25, -0.2) is 0 Å².